The lowest BCUT2D eigenvalue weighted by Gasteiger charge is -2.03. The molecule has 1 aromatic rings. The molecule has 2 rings (SSSR count). The van der Waals surface area contributed by atoms with Crippen LogP contribution < -0.4 is 0 Å². The SMILES string of the molecule is Cl.N=S1CCC(CCc2ccccc2O)=N1. The molecule has 16 heavy (non-hydrogen) atoms. The van der Waals surface area contributed by atoms with Crippen molar-refractivity contribution in [3.63, 3.8) is 0 Å². The van der Waals surface area contributed by atoms with Gasteiger partial charge in [0.05, 0.1) is 0 Å². The van der Waals surface area contributed by atoms with Crippen molar-refractivity contribution in [2.24, 2.45) is 4.40 Å². The summed E-state index contributed by atoms with van der Waals surface area (Å²) < 4.78 is 11.7. The quantitative estimate of drug-likeness (QED) is 0.861. The topological polar surface area (TPSA) is 56.4 Å². The zero-order valence-electron chi connectivity index (χ0n) is 8.85. The molecule has 1 atom stereocenters. The van der Waals surface area contributed by atoms with Crippen LogP contribution >= 0.6 is 12.4 Å². The fourth-order valence-electron chi connectivity index (χ4n) is 1.63. The maximum absolute atomic E-state index is 9.56. The number of phenolic OH excluding ortho intramolecular Hbond substituents is 1. The third kappa shape index (κ3) is 3.32. The van der Waals surface area contributed by atoms with Crippen LogP contribution in [0.15, 0.2) is 28.7 Å². The van der Waals surface area contributed by atoms with Crippen LogP contribution in [0.25, 0.3) is 0 Å². The second-order valence-corrected chi connectivity index (χ2v) is 4.93. The van der Waals surface area contributed by atoms with Crippen LogP contribution in [0.2, 0.25) is 0 Å². The Hall–Kier alpha value is -0.870. The predicted molar refractivity (Wildman–Crippen MR) is 70.7 cm³/mol. The highest BCUT2D eigenvalue weighted by atomic mass is 35.5. The Labute approximate surface area is 104 Å². The van der Waals surface area contributed by atoms with Crippen LogP contribution in [0, 0.1) is 4.78 Å². The van der Waals surface area contributed by atoms with Gasteiger partial charge in [0.2, 0.25) is 0 Å². The van der Waals surface area contributed by atoms with Gasteiger partial charge in [-0.25, -0.2) is 4.40 Å². The molecule has 0 bridgehead atoms. The van der Waals surface area contributed by atoms with Crippen molar-refractivity contribution in [3.8, 4) is 5.75 Å². The summed E-state index contributed by atoms with van der Waals surface area (Å²) in [6.45, 7) is 0. The minimum atomic E-state index is -0.491. The van der Waals surface area contributed by atoms with Gasteiger partial charge in [0.25, 0.3) is 0 Å². The van der Waals surface area contributed by atoms with Crippen molar-refractivity contribution in [2.75, 3.05) is 5.75 Å². The molecule has 5 heteroatoms. The molecule has 0 fully saturated rings. The molecule has 1 unspecified atom stereocenters. The fraction of sp³-hybridized carbons (Fsp3) is 0.364. The van der Waals surface area contributed by atoms with E-state index in [1.54, 1.807) is 6.07 Å². The van der Waals surface area contributed by atoms with Crippen molar-refractivity contribution < 1.29 is 5.11 Å². The number of benzene rings is 1. The second-order valence-electron chi connectivity index (χ2n) is 3.61. The third-order valence-electron chi connectivity index (χ3n) is 2.50. The van der Waals surface area contributed by atoms with Crippen molar-refractivity contribution in [1.29, 1.82) is 4.78 Å². The highest BCUT2D eigenvalue weighted by Gasteiger charge is 2.10. The Balaban J connectivity index is 0.00000128. The van der Waals surface area contributed by atoms with Gasteiger partial charge in [0.15, 0.2) is 0 Å². The van der Waals surface area contributed by atoms with Crippen LogP contribution in [0.3, 0.4) is 0 Å². The first-order valence-corrected chi connectivity index (χ1v) is 6.36. The first kappa shape index (κ1) is 13.2. The number of aryl methyl sites for hydroxylation is 1. The molecule has 0 aromatic heterocycles. The number of aromatic hydroxyl groups is 1. The van der Waals surface area contributed by atoms with E-state index in [4.69, 9.17) is 4.78 Å². The van der Waals surface area contributed by atoms with Crippen LogP contribution in [-0.4, -0.2) is 16.6 Å². The van der Waals surface area contributed by atoms with Gasteiger partial charge in [0.1, 0.15) is 5.75 Å². The van der Waals surface area contributed by atoms with E-state index < -0.39 is 10.9 Å². The average Bonchev–Trinajstić information content (AvgIpc) is 2.63. The summed E-state index contributed by atoms with van der Waals surface area (Å²) in [5.41, 5.74) is 2.11. The molecule has 1 aliphatic heterocycles. The van der Waals surface area contributed by atoms with Crippen LogP contribution in [0.5, 0.6) is 5.75 Å². The maximum atomic E-state index is 9.56. The van der Waals surface area contributed by atoms with Gasteiger partial charge in [-0.1, -0.05) is 18.2 Å². The molecule has 88 valence electrons. The van der Waals surface area contributed by atoms with Gasteiger partial charge in [-0.05, 0) is 30.9 Å². The lowest BCUT2D eigenvalue weighted by molar-refractivity contribution is 0.468. The summed E-state index contributed by atoms with van der Waals surface area (Å²) in [5, 5.41) is 9.56. The number of nitrogens with one attached hydrogen (secondary N) is 1. The number of hydrogen-bond acceptors (Lipinski definition) is 2. The zero-order valence-corrected chi connectivity index (χ0v) is 10.5. The van der Waals surface area contributed by atoms with Crippen molar-refractivity contribution >= 4 is 29.0 Å². The summed E-state index contributed by atoms with van der Waals surface area (Å²) in [5.74, 6) is 1.25. The molecule has 0 spiro atoms. The van der Waals surface area contributed by atoms with E-state index in [-0.39, 0.29) is 12.4 Å². The molecule has 2 N–H and O–H groups in total. The molecule has 0 amide bonds. The number of rotatable bonds is 3. The predicted octanol–water partition coefficient (Wildman–Crippen LogP) is 2.89. The summed E-state index contributed by atoms with van der Waals surface area (Å²) in [4.78, 5) is 0. The minimum absolute atomic E-state index is 0. The largest absolute Gasteiger partial charge is 0.508 e. The first-order chi connectivity index (χ1) is 7.25. The van der Waals surface area contributed by atoms with Crippen LogP contribution in [0.1, 0.15) is 18.4 Å². The van der Waals surface area contributed by atoms with Gasteiger partial charge < -0.3 is 5.11 Å². The van der Waals surface area contributed by atoms with Gasteiger partial charge in [0, 0.05) is 22.3 Å². The normalized spacial score (nSPS) is 19.0. The lowest BCUT2D eigenvalue weighted by Crippen LogP contribution is -1.97. The summed E-state index contributed by atoms with van der Waals surface area (Å²) in [6, 6.07) is 7.40. The Morgan fingerprint density at radius 3 is 2.69 bits per heavy atom. The summed E-state index contributed by atoms with van der Waals surface area (Å²) in [6.07, 6.45) is 2.66. The molecule has 1 heterocycles. The monoisotopic (exact) mass is 258 g/mol. The van der Waals surface area contributed by atoms with Gasteiger partial charge in [-0.15, -0.1) is 12.4 Å². The van der Waals surface area contributed by atoms with Crippen molar-refractivity contribution in [2.45, 2.75) is 19.3 Å². The number of para-hydroxylation sites is 1. The van der Waals surface area contributed by atoms with E-state index in [9.17, 15) is 5.11 Å². The molecule has 3 nitrogen and oxygen atoms in total. The molecule has 0 radical (unpaired) electrons. The van der Waals surface area contributed by atoms with E-state index in [1.807, 2.05) is 18.2 Å². The van der Waals surface area contributed by atoms with Crippen LogP contribution in [-0.2, 0) is 17.3 Å². The van der Waals surface area contributed by atoms with Gasteiger partial charge in [-0.3, -0.25) is 4.78 Å². The molecule has 0 saturated heterocycles. The summed E-state index contributed by atoms with van der Waals surface area (Å²) >= 11 is 0. The Bertz CT molecular complexity index is 420. The number of hydrogen-bond donors (Lipinski definition) is 2. The number of nitrogens with zero attached hydrogens (tertiary/aromatic N) is 1. The van der Waals surface area contributed by atoms with Crippen LogP contribution in [0.4, 0.5) is 0 Å². The average molecular weight is 259 g/mol. The van der Waals surface area contributed by atoms with E-state index in [0.717, 1.165) is 36.3 Å². The Morgan fingerprint density at radius 2 is 2.06 bits per heavy atom. The number of halogens is 1. The zero-order chi connectivity index (χ0) is 10.7. The van der Waals surface area contributed by atoms with Gasteiger partial charge in [-0.2, -0.15) is 0 Å². The third-order valence-corrected chi connectivity index (χ3v) is 3.57. The Morgan fingerprint density at radius 1 is 1.31 bits per heavy atom. The molecule has 0 saturated carbocycles. The highest BCUT2D eigenvalue weighted by Crippen LogP contribution is 2.19. The van der Waals surface area contributed by atoms with E-state index >= 15 is 0 Å². The standard InChI is InChI=1S/C11H14N2OS.ClH/c12-15-8-7-10(13-15)6-5-9-3-1-2-4-11(9)14;/h1-4,12,14H,5-8H2;1H. The number of phenols is 1. The van der Waals surface area contributed by atoms with E-state index in [2.05, 4.69) is 4.40 Å². The van der Waals surface area contributed by atoms with E-state index in [1.165, 1.54) is 0 Å². The Kier molecular flexibility index (Phi) is 4.96. The molecule has 0 aliphatic carbocycles. The van der Waals surface area contributed by atoms with Crippen molar-refractivity contribution in [1.82, 2.24) is 0 Å². The minimum Gasteiger partial charge on any atom is -0.508 e. The maximum Gasteiger partial charge on any atom is 0.118 e. The van der Waals surface area contributed by atoms with Crippen molar-refractivity contribution in [3.05, 3.63) is 29.8 Å². The van der Waals surface area contributed by atoms with Gasteiger partial charge >= 0.3 is 0 Å². The lowest BCUT2D eigenvalue weighted by atomic mass is 10.1. The summed E-state index contributed by atoms with van der Waals surface area (Å²) in [7, 11) is -0.491. The smallest absolute Gasteiger partial charge is 0.118 e. The molecule has 1 aromatic carbocycles. The molecule has 1 aliphatic rings. The molecular formula is C11H15ClN2OS. The molecular weight excluding hydrogens is 244 g/mol. The highest BCUT2D eigenvalue weighted by molar-refractivity contribution is 7.85. The van der Waals surface area contributed by atoms with E-state index in [0.29, 0.717) is 5.75 Å². The fourth-order valence-corrected chi connectivity index (χ4v) is 2.65. The first-order valence-electron chi connectivity index (χ1n) is 5.01. The second kappa shape index (κ2) is 6.01.